The molecule has 0 atom stereocenters. The summed E-state index contributed by atoms with van der Waals surface area (Å²) in [7, 11) is 0. The maximum absolute atomic E-state index is 13.2. The minimum atomic E-state index is -0.713. The van der Waals surface area contributed by atoms with Crippen LogP contribution in [0, 0.1) is 5.92 Å². The monoisotopic (exact) mass is 363 g/mol. The highest BCUT2D eigenvalue weighted by Gasteiger charge is 2.42. The van der Waals surface area contributed by atoms with Crippen LogP contribution in [0.4, 0.5) is 0 Å². The lowest BCUT2D eigenvalue weighted by atomic mass is 9.68. The van der Waals surface area contributed by atoms with E-state index in [0.29, 0.717) is 17.9 Å². The molecule has 3 rings (SSSR count). The third-order valence-electron chi connectivity index (χ3n) is 5.95. The molecule has 0 radical (unpaired) electrons. The zero-order valence-electron chi connectivity index (χ0n) is 14.5. The largest absolute Gasteiger partial charge is 0.481 e. The number of aliphatic carboxylic acids is 1. The second kappa shape index (κ2) is 7.77. The van der Waals surface area contributed by atoms with Gasteiger partial charge in [0.05, 0.1) is 11.3 Å². The first kappa shape index (κ1) is 18.2. The molecular formula is C20H26ClNO3. The van der Waals surface area contributed by atoms with E-state index < -0.39 is 11.4 Å². The van der Waals surface area contributed by atoms with Crippen molar-refractivity contribution in [2.24, 2.45) is 5.92 Å². The summed E-state index contributed by atoms with van der Waals surface area (Å²) in [6.07, 6.45) is 7.81. The van der Waals surface area contributed by atoms with Crippen LogP contribution >= 0.6 is 11.6 Å². The molecule has 1 aromatic rings. The Morgan fingerprint density at radius 2 is 1.60 bits per heavy atom. The highest BCUT2D eigenvalue weighted by molar-refractivity contribution is 6.30. The van der Waals surface area contributed by atoms with Gasteiger partial charge in [0.15, 0.2) is 0 Å². The average molecular weight is 364 g/mol. The van der Waals surface area contributed by atoms with Crippen LogP contribution in [0.15, 0.2) is 24.3 Å². The fraction of sp³-hybridized carbons (Fsp3) is 0.600. The van der Waals surface area contributed by atoms with Crippen molar-refractivity contribution in [1.29, 1.82) is 0 Å². The molecule has 0 heterocycles. The van der Waals surface area contributed by atoms with E-state index in [1.54, 1.807) is 0 Å². The molecule has 4 nitrogen and oxygen atoms in total. The van der Waals surface area contributed by atoms with E-state index in [1.165, 1.54) is 6.42 Å². The van der Waals surface area contributed by atoms with E-state index in [-0.39, 0.29) is 17.9 Å². The molecule has 136 valence electrons. The quantitative estimate of drug-likeness (QED) is 0.838. The van der Waals surface area contributed by atoms with Gasteiger partial charge in [0.2, 0.25) is 5.91 Å². The molecule has 0 spiro atoms. The Morgan fingerprint density at radius 1 is 1.00 bits per heavy atom. The van der Waals surface area contributed by atoms with Crippen molar-refractivity contribution in [2.45, 2.75) is 69.2 Å². The van der Waals surface area contributed by atoms with Crippen LogP contribution < -0.4 is 5.32 Å². The molecule has 0 saturated heterocycles. The van der Waals surface area contributed by atoms with Gasteiger partial charge in [0.1, 0.15) is 0 Å². The van der Waals surface area contributed by atoms with Crippen molar-refractivity contribution >= 4 is 23.5 Å². The third kappa shape index (κ3) is 4.00. The number of carboxylic acid groups (broad SMARTS) is 1. The smallest absolute Gasteiger partial charge is 0.306 e. The van der Waals surface area contributed by atoms with E-state index in [0.717, 1.165) is 44.1 Å². The molecule has 2 saturated carbocycles. The summed E-state index contributed by atoms with van der Waals surface area (Å²) < 4.78 is 0. The summed E-state index contributed by atoms with van der Waals surface area (Å²) in [6, 6.07) is 7.77. The number of halogens is 1. The number of amides is 1. The molecule has 0 bridgehead atoms. The summed E-state index contributed by atoms with van der Waals surface area (Å²) in [4.78, 5) is 24.3. The van der Waals surface area contributed by atoms with Gasteiger partial charge in [-0.1, -0.05) is 43.0 Å². The fourth-order valence-corrected chi connectivity index (χ4v) is 4.51. The van der Waals surface area contributed by atoms with Crippen molar-refractivity contribution in [1.82, 2.24) is 5.32 Å². The van der Waals surface area contributed by atoms with Gasteiger partial charge in [-0.3, -0.25) is 9.59 Å². The van der Waals surface area contributed by atoms with Crippen LogP contribution in [0.1, 0.15) is 63.4 Å². The second-order valence-electron chi connectivity index (χ2n) is 7.51. The number of carbonyl (C=O) groups is 2. The highest BCUT2D eigenvalue weighted by Crippen LogP contribution is 2.40. The van der Waals surface area contributed by atoms with Crippen LogP contribution in [-0.4, -0.2) is 23.0 Å². The van der Waals surface area contributed by atoms with Crippen LogP contribution in [0.3, 0.4) is 0 Å². The first-order valence-electron chi connectivity index (χ1n) is 9.31. The maximum Gasteiger partial charge on any atom is 0.306 e. The predicted octanol–water partition coefficient (Wildman–Crippen LogP) is 4.30. The van der Waals surface area contributed by atoms with Crippen molar-refractivity contribution < 1.29 is 14.7 Å². The molecule has 0 aromatic heterocycles. The lowest BCUT2D eigenvalue weighted by molar-refractivity contribution is -0.142. The van der Waals surface area contributed by atoms with Gasteiger partial charge in [-0.05, 0) is 56.2 Å². The Morgan fingerprint density at radius 3 is 2.16 bits per heavy atom. The second-order valence-corrected chi connectivity index (χ2v) is 7.95. The number of benzene rings is 1. The van der Waals surface area contributed by atoms with E-state index in [2.05, 4.69) is 5.32 Å². The first-order valence-corrected chi connectivity index (χ1v) is 9.69. The third-order valence-corrected chi connectivity index (χ3v) is 6.20. The number of hydrogen-bond acceptors (Lipinski definition) is 2. The van der Waals surface area contributed by atoms with Crippen molar-refractivity contribution in [3.63, 3.8) is 0 Å². The standard InChI is InChI=1S/C20H26ClNO3/c21-16-8-6-15(7-9-16)20(12-2-1-3-13-20)19(25)22-17-10-4-14(5-11-17)18(23)24/h6-9,14,17H,1-5,10-13H2,(H,22,25)(H,23,24). The number of hydrogen-bond donors (Lipinski definition) is 2. The van der Waals surface area contributed by atoms with E-state index >= 15 is 0 Å². The summed E-state index contributed by atoms with van der Waals surface area (Å²) >= 11 is 6.02. The van der Waals surface area contributed by atoms with Crippen molar-refractivity contribution in [2.75, 3.05) is 0 Å². The highest BCUT2D eigenvalue weighted by atomic mass is 35.5. The van der Waals surface area contributed by atoms with E-state index in [1.807, 2.05) is 24.3 Å². The summed E-state index contributed by atoms with van der Waals surface area (Å²) in [5.41, 5.74) is 0.584. The predicted molar refractivity (Wildman–Crippen MR) is 97.7 cm³/mol. The Hall–Kier alpha value is -1.55. The number of nitrogens with one attached hydrogen (secondary N) is 1. The number of rotatable bonds is 4. The summed E-state index contributed by atoms with van der Waals surface area (Å²) in [6.45, 7) is 0. The zero-order valence-corrected chi connectivity index (χ0v) is 15.2. The fourth-order valence-electron chi connectivity index (χ4n) is 4.38. The molecule has 1 aromatic carbocycles. The lowest BCUT2D eigenvalue weighted by Gasteiger charge is -2.38. The minimum absolute atomic E-state index is 0.0919. The summed E-state index contributed by atoms with van der Waals surface area (Å²) in [5, 5.41) is 13.0. The van der Waals surface area contributed by atoms with Gasteiger partial charge in [-0.25, -0.2) is 0 Å². The van der Waals surface area contributed by atoms with Gasteiger partial charge < -0.3 is 10.4 Å². The Labute approximate surface area is 153 Å². The Bertz CT molecular complexity index is 614. The Kier molecular flexibility index (Phi) is 5.67. The van der Waals surface area contributed by atoms with E-state index in [4.69, 9.17) is 16.7 Å². The molecule has 2 N–H and O–H groups in total. The SMILES string of the molecule is O=C(O)C1CCC(NC(=O)C2(c3ccc(Cl)cc3)CCCCC2)CC1. The van der Waals surface area contributed by atoms with Crippen LogP contribution in [0.2, 0.25) is 5.02 Å². The van der Waals surface area contributed by atoms with Gasteiger partial charge in [-0.2, -0.15) is 0 Å². The average Bonchev–Trinajstić information content (AvgIpc) is 2.63. The normalized spacial score (nSPS) is 26.0. The molecule has 0 aliphatic heterocycles. The van der Waals surface area contributed by atoms with Gasteiger partial charge in [-0.15, -0.1) is 0 Å². The molecule has 1 amide bonds. The molecular weight excluding hydrogens is 338 g/mol. The van der Waals surface area contributed by atoms with Crippen LogP contribution in [0.25, 0.3) is 0 Å². The molecule has 0 unspecified atom stereocenters. The molecule has 5 heteroatoms. The maximum atomic E-state index is 13.2. The van der Waals surface area contributed by atoms with Crippen molar-refractivity contribution in [3.8, 4) is 0 Å². The van der Waals surface area contributed by atoms with Crippen molar-refractivity contribution in [3.05, 3.63) is 34.9 Å². The van der Waals surface area contributed by atoms with Crippen LogP contribution in [0.5, 0.6) is 0 Å². The molecule has 2 aliphatic carbocycles. The number of carboxylic acids is 1. The molecule has 2 fully saturated rings. The zero-order chi connectivity index (χ0) is 17.9. The Balaban J connectivity index is 1.72. The van der Waals surface area contributed by atoms with Gasteiger partial charge in [0, 0.05) is 11.1 Å². The first-order chi connectivity index (χ1) is 12.0. The minimum Gasteiger partial charge on any atom is -0.481 e. The molecule has 2 aliphatic rings. The lowest BCUT2D eigenvalue weighted by Crippen LogP contribution is -2.50. The van der Waals surface area contributed by atoms with E-state index in [9.17, 15) is 9.59 Å². The van der Waals surface area contributed by atoms with Gasteiger partial charge in [0.25, 0.3) is 0 Å². The number of carbonyl (C=O) groups excluding carboxylic acids is 1. The summed E-state index contributed by atoms with van der Waals surface area (Å²) in [5.74, 6) is -0.865. The van der Waals surface area contributed by atoms with Crippen LogP contribution in [-0.2, 0) is 15.0 Å². The van der Waals surface area contributed by atoms with Gasteiger partial charge >= 0.3 is 5.97 Å². The molecule has 25 heavy (non-hydrogen) atoms. The topological polar surface area (TPSA) is 66.4 Å².